The van der Waals surface area contributed by atoms with Crippen molar-refractivity contribution in [2.75, 3.05) is 0 Å². The zero-order chi connectivity index (χ0) is 34.6. The first-order valence-electron chi connectivity index (χ1n) is 14.9. The lowest BCUT2D eigenvalue weighted by atomic mass is 9.97. The summed E-state index contributed by atoms with van der Waals surface area (Å²) in [7, 11) is 0. The molecule has 0 saturated heterocycles. The molecule has 0 heterocycles. The van der Waals surface area contributed by atoms with Crippen molar-refractivity contribution >= 4 is 0 Å². The maximum atomic E-state index is 15.2. The highest BCUT2D eigenvalue weighted by molar-refractivity contribution is 5.72. The smallest absolute Gasteiger partial charge is 0.429 e. The van der Waals surface area contributed by atoms with Crippen molar-refractivity contribution in [3.63, 3.8) is 0 Å². The normalized spacial score (nSPS) is 11.9. The van der Waals surface area contributed by atoms with Gasteiger partial charge in [0.25, 0.3) is 0 Å². The summed E-state index contributed by atoms with van der Waals surface area (Å²) in [6.45, 7) is 2.08. The molecule has 250 valence electrons. The van der Waals surface area contributed by atoms with E-state index >= 15 is 13.2 Å². The van der Waals surface area contributed by atoms with E-state index in [1.54, 1.807) is 6.07 Å². The molecule has 5 aromatic carbocycles. The molecule has 0 fully saturated rings. The van der Waals surface area contributed by atoms with E-state index in [-0.39, 0.29) is 27.8 Å². The van der Waals surface area contributed by atoms with E-state index in [1.807, 2.05) is 6.07 Å². The molecule has 0 aliphatic rings. The summed E-state index contributed by atoms with van der Waals surface area (Å²) >= 11 is 0. The predicted molar refractivity (Wildman–Crippen MR) is 163 cm³/mol. The Labute approximate surface area is 270 Å². The molecule has 0 saturated carbocycles. The number of benzene rings is 5. The highest BCUT2D eigenvalue weighted by atomic mass is 19.4. The molecule has 0 spiro atoms. The van der Waals surface area contributed by atoms with Crippen molar-refractivity contribution in [2.24, 2.45) is 0 Å². The zero-order valence-corrected chi connectivity index (χ0v) is 25.3. The van der Waals surface area contributed by atoms with Gasteiger partial charge in [0.1, 0.15) is 23.2 Å². The lowest BCUT2D eigenvalue weighted by Crippen LogP contribution is -2.21. The van der Waals surface area contributed by atoms with E-state index < -0.39 is 52.8 Å². The molecule has 0 bridgehead atoms. The molecular weight excluding hydrogens is 647 g/mol. The summed E-state index contributed by atoms with van der Waals surface area (Å²) in [5.74, 6) is -5.39. The van der Waals surface area contributed by atoms with Crippen molar-refractivity contribution in [2.45, 2.75) is 45.1 Å². The fourth-order valence-corrected chi connectivity index (χ4v) is 5.16. The van der Waals surface area contributed by atoms with E-state index in [0.29, 0.717) is 23.8 Å². The highest BCUT2D eigenvalue weighted by Gasteiger charge is 2.35. The quantitative estimate of drug-likeness (QED) is 0.103. The molecule has 0 aromatic heterocycles. The average molecular weight is 675 g/mol. The van der Waals surface area contributed by atoms with Gasteiger partial charge in [-0.2, -0.15) is 8.78 Å². The van der Waals surface area contributed by atoms with Crippen LogP contribution in [0.25, 0.3) is 33.4 Å². The molecule has 0 radical (unpaired) electrons. The molecule has 48 heavy (non-hydrogen) atoms. The molecule has 0 aliphatic carbocycles. The van der Waals surface area contributed by atoms with Gasteiger partial charge in [0, 0.05) is 22.8 Å². The number of rotatable bonds is 11. The van der Waals surface area contributed by atoms with Gasteiger partial charge in [-0.1, -0.05) is 62.2 Å². The lowest BCUT2D eigenvalue weighted by Gasteiger charge is -2.19. The van der Waals surface area contributed by atoms with Crippen molar-refractivity contribution in [1.82, 2.24) is 0 Å². The van der Waals surface area contributed by atoms with Crippen LogP contribution >= 0.6 is 0 Å². The number of halogens is 9. The fraction of sp³-hybridized carbons (Fsp3) is 0.189. The fourth-order valence-electron chi connectivity index (χ4n) is 5.16. The Morgan fingerprint density at radius 1 is 0.521 bits per heavy atom. The molecule has 0 amide bonds. The van der Waals surface area contributed by atoms with Crippen LogP contribution in [0.3, 0.4) is 0 Å². The van der Waals surface area contributed by atoms with Crippen molar-refractivity contribution < 1.29 is 49.0 Å². The van der Waals surface area contributed by atoms with Gasteiger partial charge in [-0.05, 0) is 83.6 Å². The van der Waals surface area contributed by atoms with Gasteiger partial charge in [0.2, 0.25) is 0 Å². The number of aryl methyl sites for hydroxylation is 1. The Morgan fingerprint density at radius 2 is 1.06 bits per heavy atom. The second kappa shape index (κ2) is 14.0. The Kier molecular flexibility index (Phi) is 10.1. The average Bonchev–Trinajstić information content (AvgIpc) is 3.02. The van der Waals surface area contributed by atoms with Crippen LogP contribution in [0.5, 0.6) is 11.5 Å². The van der Waals surface area contributed by atoms with Gasteiger partial charge in [-0.3, -0.25) is 0 Å². The van der Waals surface area contributed by atoms with Crippen LogP contribution in [0.15, 0.2) is 97.1 Å². The SMILES string of the molecule is CCCCCc1ccc(-c2ccc(-c3ccc(C(F)(F)Oc4ccc(-c5ccc(OC(F)(F)F)c(F)c5)c(F)c4)cc3)c(F)c2)c(F)c1. The third-order valence-corrected chi connectivity index (χ3v) is 7.57. The molecular formula is C37H27F9O2. The van der Waals surface area contributed by atoms with Crippen LogP contribution in [0.1, 0.15) is 37.3 Å². The summed E-state index contributed by atoms with van der Waals surface area (Å²) in [5, 5.41) is 0. The number of alkyl halides is 5. The van der Waals surface area contributed by atoms with E-state index in [2.05, 4.69) is 11.7 Å². The minimum Gasteiger partial charge on any atom is -0.429 e. The first-order valence-corrected chi connectivity index (χ1v) is 14.9. The highest BCUT2D eigenvalue weighted by Crippen LogP contribution is 2.37. The topological polar surface area (TPSA) is 18.5 Å². The monoisotopic (exact) mass is 674 g/mol. The Hall–Kier alpha value is -4.93. The summed E-state index contributed by atoms with van der Waals surface area (Å²) in [6.07, 6.45) is -5.33. The molecule has 5 aromatic rings. The Morgan fingerprint density at radius 3 is 1.65 bits per heavy atom. The van der Waals surface area contributed by atoms with Gasteiger partial charge in [0.15, 0.2) is 11.6 Å². The largest absolute Gasteiger partial charge is 0.573 e. The van der Waals surface area contributed by atoms with Crippen LogP contribution < -0.4 is 9.47 Å². The molecule has 11 heteroatoms. The summed E-state index contributed by atoms with van der Waals surface area (Å²) in [6, 6.07) is 18.4. The van der Waals surface area contributed by atoms with Crippen molar-refractivity contribution in [3.8, 4) is 44.9 Å². The molecule has 0 aliphatic heterocycles. The summed E-state index contributed by atoms with van der Waals surface area (Å²) < 4.78 is 134. The maximum Gasteiger partial charge on any atom is 0.573 e. The van der Waals surface area contributed by atoms with Gasteiger partial charge >= 0.3 is 12.5 Å². The summed E-state index contributed by atoms with van der Waals surface area (Å²) in [4.78, 5) is 0. The second-order valence-electron chi connectivity index (χ2n) is 11.0. The third kappa shape index (κ3) is 8.13. The molecule has 0 atom stereocenters. The lowest BCUT2D eigenvalue weighted by molar-refractivity contribution is -0.275. The first kappa shape index (κ1) is 34.4. The van der Waals surface area contributed by atoms with Crippen LogP contribution in [-0.2, 0) is 12.5 Å². The predicted octanol–water partition coefficient (Wildman–Crippen LogP) is 12.0. The number of hydrogen-bond acceptors (Lipinski definition) is 2. The molecule has 2 nitrogen and oxygen atoms in total. The standard InChI is InChI=1S/C37H27F9O2/c1-2-3-4-5-22-6-14-29(31(38)18-22)24-9-15-28(32(39)19-24)23-7-11-26(12-8-23)36(42,43)47-27-13-16-30(33(40)21-27)25-10-17-35(34(41)20-25)48-37(44,45)46/h6-21H,2-5H2,1H3. The van der Waals surface area contributed by atoms with Crippen molar-refractivity contribution in [1.29, 1.82) is 0 Å². The van der Waals surface area contributed by atoms with E-state index in [4.69, 9.17) is 4.74 Å². The molecule has 0 N–H and O–H groups in total. The molecule has 0 unspecified atom stereocenters. The van der Waals surface area contributed by atoms with E-state index in [1.165, 1.54) is 36.4 Å². The van der Waals surface area contributed by atoms with E-state index in [9.17, 15) is 26.3 Å². The van der Waals surface area contributed by atoms with Crippen LogP contribution in [0.4, 0.5) is 39.5 Å². The Bertz CT molecular complexity index is 1900. The minimum atomic E-state index is -5.14. The van der Waals surface area contributed by atoms with Gasteiger partial charge in [0.05, 0.1) is 5.56 Å². The number of ether oxygens (including phenoxy) is 2. The Balaban J connectivity index is 1.28. The third-order valence-electron chi connectivity index (χ3n) is 7.57. The first-order chi connectivity index (χ1) is 22.7. The van der Waals surface area contributed by atoms with Crippen LogP contribution in [-0.4, -0.2) is 6.36 Å². The zero-order valence-electron chi connectivity index (χ0n) is 25.3. The number of hydrogen-bond donors (Lipinski definition) is 0. The van der Waals surface area contributed by atoms with Gasteiger partial charge in [-0.15, -0.1) is 13.2 Å². The van der Waals surface area contributed by atoms with E-state index in [0.717, 1.165) is 61.6 Å². The van der Waals surface area contributed by atoms with Gasteiger partial charge in [-0.25, -0.2) is 17.6 Å². The van der Waals surface area contributed by atoms with Crippen molar-refractivity contribution in [3.05, 3.63) is 131 Å². The number of unbranched alkanes of at least 4 members (excludes halogenated alkanes) is 2. The van der Waals surface area contributed by atoms with Gasteiger partial charge < -0.3 is 9.47 Å². The second-order valence-corrected chi connectivity index (χ2v) is 11.0. The summed E-state index contributed by atoms with van der Waals surface area (Å²) in [5.41, 5.74) is 0.679. The minimum absolute atomic E-state index is 0.0956. The van der Waals surface area contributed by atoms with Crippen LogP contribution in [0, 0.1) is 23.3 Å². The van der Waals surface area contributed by atoms with Crippen LogP contribution in [0.2, 0.25) is 0 Å². The maximum absolute atomic E-state index is 15.2. The molecule has 5 rings (SSSR count).